The van der Waals surface area contributed by atoms with E-state index < -0.39 is 29.7 Å². The molecule has 0 radical (unpaired) electrons. The van der Waals surface area contributed by atoms with Crippen molar-refractivity contribution < 1.29 is 18.8 Å². The second-order valence-electron chi connectivity index (χ2n) is 7.74. The molecule has 1 saturated heterocycles. The number of nitriles is 1. The Hall–Kier alpha value is -4.58. The molecule has 34 heavy (non-hydrogen) atoms. The Kier molecular flexibility index (Phi) is 6.32. The van der Waals surface area contributed by atoms with E-state index in [2.05, 4.69) is 4.98 Å². The maximum atomic E-state index is 14.2. The normalized spacial score (nSPS) is 16.1. The third-order valence-electron chi connectivity index (χ3n) is 5.59. The molecule has 0 spiro atoms. The van der Waals surface area contributed by atoms with Gasteiger partial charge < -0.3 is 5.73 Å². The number of benzene rings is 2. The maximum absolute atomic E-state index is 14.2. The van der Waals surface area contributed by atoms with E-state index in [1.54, 1.807) is 30.3 Å². The molecule has 3 aromatic rings. The van der Waals surface area contributed by atoms with Gasteiger partial charge in [0.2, 0.25) is 11.8 Å². The molecular weight excluding hydrogens is 437 g/mol. The Balaban J connectivity index is 1.82. The van der Waals surface area contributed by atoms with Crippen LogP contribution in [-0.4, -0.2) is 28.7 Å². The molecule has 1 aromatic heterocycles. The van der Waals surface area contributed by atoms with Crippen molar-refractivity contribution in [1.82, 2.24) is 4.98 Å². The Morgan fingerprint density at radius 3 is 2.59 bits per heavy atom. The summed E-state index contributed by atoms with van der Waals surface area (Å²) in [7, 11) is 0. The van der Waals surface area contributed by atoms with E-state index in [0.29, 0.717) is 5.56 Å². The van der Waals surface area contributed by atoms with Crippen LogP contribution in [0.4, 0.5) is 15.9 Å². The van der Waals surface area contributed by atoms with Gasteiger partial charge in [-0.25, -0.2) is 9.37 Å². The van der Waals surface area contributed by atoms with E-state index >= 15 is 0 Å². The van der Waals surface area contributed by atoms with Gasteiger partial charge in [0.15, 0.2) is 0 Å². The molecule has 8 nitrogen and oxygen atoms in total. The van der Waals surface area contributed by atoms with Gasteiger partial charge in [-0.2, -0.15) is 5.26 Å². The summed E-state index contributed by atoms with van der Waals surface area (Å²) in [6.45, 7) is 0. The van der Waals surface area contributed by atoms with Gasteiger partial charge in [-0.3, -0.25) is 24.2 Å². The number of nitrogens with zero attached hydrogens (tertiary/aromatic N) is 4. The number of hydrogen-bond acceptors (Lipinski definition) is 5. The highest BCUT2D eigenvalue weighted by Gasteiger charge is 2.43. The lowest BCUT2D eigenvalue weighted by atomic mass is 10.0. The number of carbonyl (C=O) groups excluding carboxylic acids is 3. The first-order valence-corrected chi connectivity index (χ1v) is 10.5. The Morgan fingerprint density at radius 2 is 1.91 bits per heavy atom. The van der Waals surface area contributed by atoms with Crippen molar-refractivity contribution in [2.45, 2.75) is 24.9 Å². The van der Waals surface area contributed by atoms with Gasteiger partial charge in [0, 0.05) is 18.3 Å². The first-order chi connectivity index (χ1) is 16.4. The van der Waals surface area contributed by atoms with Crippen molar-refractivity contribution in [3.8, 4) is 6.07 Å². The summed E-state index contributed by atoms with van der Waals surface area (Å²) in [6, 6.07) is 16.3. The number of rotatable bonds is 6. The lowest BCUT2D eigenvalue weighted by Crippen LogP contribution is -2.51. The van der Waals surface area contributed by atoms with Gasteiger partial charge in [-0.05, 0) is 42.3 Å². The van der Waals surface area contributed by atoms with E-state index in [-0.39, 0.29) is 35.8 Å². The fraction of sp³-hybridized carbons (Fsp3) is 0.160. The molecule has 2 atom stereocenters. The Labute approximate surface area is 195 Å². The lowest BCUT2D eigenvalue weighted by molar-refractivity contribution is -0.125. The predicted octanol–water partition coefficient (Wildman–Crippen LogP) is 2.85. The molecule has 2 N–H and O–H groups in total. The largest absolute Gasteiger partial charge is 0.368 e. The SMILES string of the molecule is N#Cc1ccnc(N2C(=O)CC[C@H]2C(=O)N(c2cccc(F)c2)[C@H](C(N)=O)c2ccccc2)c1. The fourth-order valence-corrected chi connectivity index (χ4v) is 4.09. The zero-order chi connectivity index (χ0) is 24.2. The van der Waals surface area contributed by atoms with Crippen LogP contribution in [0.15, 0.2) is 72.9 Å². The maximum Gasteiger partial charge on any atom is 0.251 e. The van der Waals surface area contributed by atoms with E-state index in [1.165, 1.54) is 41.4 Å². The number of amides is 3. The Morgan fingerprint density at radius 1 is 1.15 bits per heavy atom. The minimum atomic E-state index is -1.24. The second kappa shape index (κ2) is 9.50. The summed E-state index contributed by atoms with van der Waals surface area (Å²) in [6.07, 6.45) is 1.60. The van der Waals surface area contributed by atoms with Crippen molar-refractivity contribution in [1.29, 1.82) is 5.26 Å². The van der Waals surface area contributed by atoms with E-state index in [1.807, 2.05) is 6.07 Å². The van der Waals surface area contributed by atoms with Crippen molar-refractivity contribution in [3.63, 3.8) is 0 Å². The molecular formula is C25H20FN5O3. The molecule has 2 heterocycles. The van der Waals surface area contributed by atoms with Crippen LogP contribution >= 0.6 is 0 Å². The van der Waals surface area contributed by atoms with Crippen molar-refractivity contribution in [2.75, 3.05) is 9.80 Å². The van der Waals surface area contributed by atoms with Gasteiger partial charge in [0.05, 0.1) is 11.6 Å². The van der Waals surface area contributed by atoms with Crippen LogP contribution < -0.4 is 15.5 Å². The topological polar surface area (TPSA) is 120 Å². The molecule has 2 aromatic carbocycles. The average molecular weight is 457 g/mol. The number of carbonyl (C=O) groups is 3. The van der Waals surface area contributed by atoms with Gasteiger partial charge in [-0.1, -0.05) is 36.4 Å². The molecule has 0 saturated carbocycles. The molecule has 170 valence electrons. The minimum Gasteiger partial charge on any atom is -0.368 e. The standard InChI is InChI=1S/C25H20FN5O3/c26-18-7-4-8-19(14-18)30(23(24(28)33)17-5-2-1-3-6-17)25(34)20-9-10-22(32)31(20)21-13-16(15-27)11-12-29-21/h1-8,11-14,20,23H,9-10H2,(H2,28,33)/t20-,23-/m0/s1. The van der Waals surface area contributed by atoms with Gasteiger partial charge in [-0.15, -0.1) is 0 Å². The minimum absolute atomic E-state index is 0.0679. The number of pyridine rings is 1. The monoisotopic (exact) mass is 457 g/mol. The number of primary amides is 1. The van der Waals surface area contributed by atoms with Crippen LogP contribution in [0.25, 0.3) is 0 Å². The Bertz CT molecular complexity index is 1290. The molecule has 0 unspecified atom stereocenters. The van der Waals surface area contributed by atoms with E-state index in [9.17, 15) is 24.0 Å². The van der Waals surface area contributed by atoms with Crippen LogP contribution in [-0.2, 0) is 14.4 Å². The summed E-state index contributed by atoms with van der Waals surface area (Å²) < 4.78 is 14.2. The summed E-state index contributed by atoms with van der Waals surface area (Å²) in [5.74, 6) is -2.24. The number of hydrogen-bond donors (Lipinski definition) is 1. The number of aromatic nitrogens is 1. The highest BCUT2D eigenvalue weighted by Crippen LogP contribution is 2.33. The molecule has 1 fully saturated rings. The molecule has 9 heteroatoms. The quantitative estimate of drug-likeness (QED) is 0.610. The highest BCUT2D eigenvalue weighted by molar-refractivity contribution is 6.10. The van der Waals surface area contributed by atoms with Crippen LogP contribution in [0, 0.1) is 17.1 Å². The summed E-state index contributed by atoms with van der Waals surface area (Å²) in [5.41, 5.74) is 6.57. The molecule has 0 bridgehead atoms. The third-order valence-corrected chi connectivity index (χ3v) is 5.59. The number of nitrogens with two attached hydrogens (primary N) is 1. The fourth-order valence-electron chi connectivity index (χ4n) is 4.09. The smallest absolute Gasteiger partial charge is 0.251 e. The van der Waals surface area contributed by atoms with Crippen molar-refractivity contribution >= 4 is 29.2 Å². The van der Waals surface area contributed by atoms with Crippen molar-refractivity contribution in [2.24, 2.45) is 5.73 Å². The van der Waals surface area contributed by atoms with Gasteiger partial charge in [0.25, 0.3) is 5.91 Å². The average Bonchev–Trinajstić information content (AvgIpc) is 3.23. The number of halogens is 1. The third kappa shape index (κ3) is 4.34. The molecule has 3 amide bonds. The molecule has 4 rings (SSSR count). The second-order valence-corrected chi connectivity index (χ2v) is 7.74. The summed E-state index contributed by atoms with van der Waals surface area (Å²) in [5, 5.41) is 9.23. The first-order valence-electron chi connectivity index (χ1n) is 10.5. The molecule has 0 aliphatic carbocycles. The zero-order valence-corrected chi connectivity index (χ0v) is 18.0. The lowest BCUT2D eigenvalue weighted by Gasteiger charge is -2.34. The van der Waals surface area contributed by atoms with Gasteiger partial charge >= 0.3 is 0 Å². The highest BCUT2D eigenvalue weighted by atomic mass is 19.1. The van der Waals surface area contributed by atoms with Crippen molar-refractivity contribution in [3.05, 3.63) is 89.9 Å². The molecule has 1 aliphatic heterocycles. The summed E-state index contributed by atoms with van der Waals surface area (Å²) >= 11 is 0. The first kappa shape index (κ1) is 22.6. The number of anilines is 2. The van der Waals surface area contributed by atoms with Crippen LogP contribution in [0.2, 0.25) is 0 Å². The van der Waals surface area contributed by atoms with Gasteiger partial charge in [0.1, 0.15) is 23.7 Å². The van der Waals surface area contributed by atoms with E-state index in [4.69, 9.17) is 5.73 Å². The van der Waals surface area contributed by atoms with Crippen LogP contribution in [0.3, 0.4) is 0 Å². The van der Waals surface area contributed by atoms with Crippen LogP contribution in [0.5, 0.6) is 0 Å². The van der Waals surface area contributed by atoms with E-state index in [0.717, 1.165) is 11.0 Å². The predicted molar refractivity (Wildman–Crippen MR) is 122 cm³/mol. The zero-order valence-electron chi connectivity index (χ0n) is 18.0. The summed E-state index contributed by atoms with van der Waals surface area (Å²) in [4.78, 5) is 45.9. The van der Waals surface area contributed by atoms with Crippen LogP contribution in [0.1, 0.15) is 30.0 Å². The molecule has 1 aliphatic rings.